The summed E-state index contributed by atoms with van der Waals surface area (Å²) in [4.78, 5) is 12.2. The minimum Gasteiger partial charge on any atom is -0.330 e. The van der Waals surface area contributed by atoms with Crippen molar-refractivity contribution in [1.29, 1.82) is 0 Å². The first-order valence-electron chi connectivity index (χ1n) is 6.56. The first-order valence-corrected chi connectivity index (χ1v) is 7.64. The molecule has 0 bridgehead atoms. The van der Waals surface area contributed by atoms with Crippen LogP contribution in [-0.4, -0.2) is 12.5 Å². The van der Waals surface area contributed by atoms with Gasteiger partial charge in [-0.2, -0.15) is 0 Å². The molecule has 0 radical (unpaired) electrons. The van der Waals surface area contributed by atoms with Crippen LogP contribution in [0.15, 0.2) is 18.2 Å². The molecule has 2 rings (SSSR count). The Bertz CT molecular complexity index is 459. The highest BCUT2D eigenvalue weighted by molar-refractivity contribution is 14.1. The Morgan fingerprint density at radius 2 is 2.05 bits per heavy atom. The number of anilines is 1. The first-order chi connectivity index (χ1) is 9.10. The minimum absolute atomic E-state index is 0.0417. The Kier molecular flexibility index (Phi) is 5.15. The lowest BCUT2D eigenvalue weighted by Gasteiger charge is -2.26. The van der Waals surface area contributed by atoms with Crippen LogP contribution >= 0.6 is 22.6 Å². The van der Waals surface area contributed by atoms with Crippen LogP contribution in [0, 0.1) is 21.2 Å². The third-order valence-electron chi connectivity index (χ3n) is 3.74. The van der Waals surface area contributed by atoms with Crippen molar-refractivity contribution in [3.8, 4) is 0 Å². The second-order valence-electron chi connectivity index (χ2n) is 5.07. The Morgan fingerprint density at radius 1 is 1.37 bits per heavy atom. The largest absolute Gasteiger partial charge is 0.330 e. The third kappa shape index (κ3) is 3.89. The van der Waals surface area contributed by atoms with Gasteiger partial charge in [-0.05, 0) is 78.9 Å². The maximum atomic E-state index is 13.0. The van der Waals surface area contributed by atoms with Crippen molar-refractivity contribution < 1.29 is 9.18 Å². The predicted octanol–water partition coefficient (Wildman–Crippen LogP) is 3.13. The van der Waals surface area contributed by atoms with Gasteiger partial charge < -0.3 is 11.1 Å². The van der Waals surface area contributed by atoms with Crippen molar-refractivity contribution in [2.24, 2.45) is 17.6 Å². The molecule has 19 heavy (non-hydrogen) atoms. The highest BCUT2D eigenvalue weighted by atomic mass is 127. The van der Waals surface area contributed by atoms with E-state index in [2.05, 4.69) is 5.32 Å². The SMILES string of the molecule is NCC1CCC(C(=O)Nc2ccc(F)cc2I)CC1. The number of amides is 1. The molecule has 5 heteroatoms. The Morgan fingerprint density at radius 3 is 2.63 bits per heavy atom. The van der Waals surface area contributed by atoms with Gasteiger partial charge in [0.05, 0.1) is 5.69 Å². The normalized spacial score (nSPS) is 23.1. The molecule has 3 nitrogen and oxygen atoms in total. The summed E-state index contributed by atoms with van der Waals surface area (Å²) < 4.78 is 13.7. The van der Waals surface area contributed by atoms with Crippen LogP contribution in [0.2, 0.25) is 0 Å². The lowest BCUT2D eigenvalue weighted by atomic mass is 9.81. The molecule has 1 amide bonds. The summed E-state index contributed by atoms with van der Waals surface area (Å²) in [5.74, 6) is 0.379. The lowest BCUT2D eigenvalue weighted by molar-refractivity contribution is -0.121. The quantitative estimate of drug-likeness (QED) is 0.797. The first kappa shape index (κ1) is 14.7. The summed E-state index contributed by atoms with van der Waals surface area (Å²) in [6, 6.07) is 4.39. The molecule has 1 aromatic rings. The number of hydrogen-bond acceptors (Lipinski definition) is 2. The Hall–Kier alpha value is -0.690. The molecule has 1 fully saturated rings. The van der Waals surface area contributed by atoms with Crippen molar-refractivity contribution in [3.05, 3.63) is 27.6 Å². The fourth-order valence-electron chi connectivity index (χ4n) is 2.49. The summed E-state index contributed by atoms with van der Waals surface area (Å²) in [6.45, 7) is 0.712. The van der Waals surface area contributed by atoms with Gasteiger partial charge >= 0.3 is 0 Å². The average Bonchev–Trinajstić information content (AvgIpc) is 2.42. The van der Waals surface area contributed by atoms with E-state index >= 15 is 0 Å². The molecule has 1 saturated carbocycles. The van der Waals surface area contributed by atoms with Crippen molar-refractivity contribution >= 4 is 34.2 Å². The van der Waals surface area contributed by atoms with Crippen LogP contribution in [0.4, 0.5) is 10.1 Å². The zero-order chi connectivity index (χ0) is 13.8. The fourth-order valence-corrected chi connectivity index (χ4v) is 3.10. The monoisotopic (exact) mass is 376 g/mol. The number of nitrogens with one attached hydrogen (secondary N) is 1. The molecule has 0 spiro atoms. The van der Waals surface area contributed by atoms with E-state index in [9.17, 15) is 9.18 Å². The fraction of sp³-hybridized carbons (Fsp3) is 0.500. The van der Waals surface area contributed by atoms with Gasteiger partial charge in [0.15, 0.2) is 0 Å². The molecule has 0 aromatic heterocycles. The second kappa shape index (κ2) is 6.65. The molecular weight excluding hydrogens is 358 g/mol. The van der Waals surface area contributed by atoms with Crippen LogP contribution in [0.5, 0.6) is 0 Å². The van der Waals surface area contributed by atoms with Gasteiger partial charge in [0.1, 0.15) is 5.82 Å². The maximum absolute atomic E-state index is 13.0. The van der Waals surface area contributed by atoms with Crippen LogP contribution in [0.3, 0.4) is 0 Å². The van der Waals surface area contributed by atoms with E-state index in [1.807, 2.05) is 22.6 Å². The molecule has 1 aromatic carbocycles. The second-order valence-corrected chi connectivity index (χ2v) is 6.23. The molecule has 0 aliphatic heterocycles. The number of benzene rings is 1. The maximum Gasteiger partial charge on any atom is 0.227 e. The van der Waals surface area contributed by atoms with E-state index < -0.39 is 0 Å². The van der Waals surface area contributed by atoms with Gasteiger partial charge in [0.25, 0.3) is 0 Å². The van der Waals surface area contributed by atoms with Crippen molar-refractivity contribution in [1.82, 2.24) is 0 Å². The third-order valence-corrected chi connectivity index (χ3v) is 4.63. The molecule has 0 unspecified atom stereocenters. The summed E-state index contributed by atoms with van der Waals surface area (Å²) in [5, 5.41) is 2.90. The number of carbonyl (C=O) groups is 1. The lowest BCUT2D eigenvalue weighted by Crippen LogP contribution is -2.29. The van der Waals surface area contributed by atoms with Crippen molar-refractivity contribution in [2.45, 2.75) is 25.7 Å². The number of hydrogen-bond donors (Lipinski definition) is 2. The number of carbonyl (C=O) groups excluding carboxylic acids is 1. The topological polar surface area (TPSA) is 55.1 Å². The van der Waals surface area contributed by atoms with E-state index in [0.29, 0.717) is 18.2 Å². The van der Waals surface area contributed by atoms with E-state index in [1.165, 1.54) is 12.1 Å². The van der Waals surface area contributed by atoms with Crippen molar-refractivity contribution in [2.75, 3.05) is 11.9 Å². The van der Waals surface area contributed by atoms with E-state index in [0.717, 1.165) is 29.3 Å². The smallest absolute Gasteiger partial charge is 0.227 e. The standard InChI is InChI=1S/C14H18FIN2O/c15-11-5-6-13(12(16)7-11)18-14(19)10-3-1-9(8-17)2-4-10/h5-7,9-10H,1-4,8,17H2,(H,18,19). The van der Waals surface area contributed by atoms with Crippen molar-refractivity contribution in [3.63, 3.8) is 0 Å². The highest BCUT2D eigenvalue weighted by Crippen LogP contribution is 2.29. The molecule has 0 atom stereocenters. The minimum atomic E-state index is -0.286. The summed E-state index contributed by atoms with van der Waals surface area (Å²) in [7, 11) is 0. The average molecular weight is 376 g/mol. The molecule has 0 saturated heterocycles. The summed E-state index contributed by atoms with van der Waals surface area (Å²) >= 11 is 2.03. The number of nitrogens with two attached hydrogens (primary N) is 1. The zero-order valence-corrected chi connectivity index (χ0v) is 12.8. The van der Waals surface area contributed by atoms with E-state index in [1.54, 1.807) is 6.07 Å². The number of halogens is 2. The summed E-state index contributed by atoms with van der Waals surface area (Å²) in [6.07, 6.45) is 3.83. The molecular formula is C14H18FIN2O. The molecule has 1 aliphatic rings. The van der Waals surface area contributed by atoms with Gasteiger partial charge in [-0.15, -0.1) is 0 Å². The van der Waals surface area contributed by atoms with Crippen LogP contribution < -0.4 is 11.1 Å². The highest BCUT2D eigenvalue weighted by Gasteiger charge is 2.25. The van der Waals surface area contributed by atoms with Crippen LogP contribution in [0.1, 0.15) is 25.7 Å². The molecule has 1 aliphatic carbocycles. The Labute approximate surface area is 126 Å². The van der Waals surface area contributed by atoms with Gasteiger partial charge in [-0.25, -0.2) is 4.39 Å². The van der Waals surface area contributed by atoms with Crippen LogP contribution in [-0.2, 0) is 4.79 Å². The molecule has 104 valence electrons. The van der Waals surface area contributed by atoms with Gasteiger partial charge in [-0.3, -0.25) is 4.79 Å². The summed E-state index contributed by atoms with van der Waals surface area (Å²) in [5.41, 5.74) is 6.33. The van der Waals surface area contributed by atoms with Gasteiger partial charge in [0.2, 0.25) is 5.91 Å². The van der Waals surface area contributed by atoms with Gasteiger partial charge in [0, 0.05) is 9.49 Å². The van der Waals surface area contributed by atoms with Crippen LogP contribution in [0.25, 0.3) is 0 Å². The van der Waals surface area contributed by atoms with Gasteiger partial charge in [-0.1, -0.05) is 0 Å². The van der Waals surface area contributed by atoms with E-state index in [-0.39, 0.29) is 17.6 Å². The molecule has 0 heterocycles. The van der Waals surface area contributed by atoms with E-state index in [4.69, 9.17) is 5.73 Å². The predicted molar refractivity (Wildman–Crippen MR) is 82.2 cm³/mol. The number of rotatable bonds is 3. The zero-order valence-electron chi connectivity index (χ0n) is 10.7. The Balaban J connectivity index is 1.94. The molecule has 3 N–H and O–H groups in total.